The fraction of sp³-hybridized carbons (Fsp3) is 0.200. The summed E-state index contributed by atoms with van der Waals surface area (Å²) in [6.45, 7) is 3.91. The molecule has 0 bridgehead atoms. The fourth-order valence-corrected chi connectivity index (χ4v) is 6.59. The Bertz CT molecular complexity index is 1960. The van der Waals surface area contributed by atoms with E-state index in [0.29, 0.717) is 40.5 Å². The van der Waals surface area contributed by atoms with Crippen LogP contribution in [0.1, 0.15) is 41.9 Å². The molecule has 2 aliphatic heterocycles. The fourth-order valence-electron chi connectivity index (χ4n) is 6.42. The molecule has 3 atom stereocenters. The van der Waals surface area contributed by atoms with E-state index < -0.39 is 17.8 Å². The number of hydrogen-bond donors (Lipinski definition) is 2. The van der Waals surface area contributed by atoms with E-state index in [0.717, 1.165) is 29.1 Å². The van der Waals surface area contributed by atoms with Gasteiger partial charge in [0.1, 0.15) is 17.3 Å². The van der Waals surface area contributed by atoms with Crippen LogP contribution in [0.4, 0.5) is 14.5 Å². The molecule has 2 aromatic carbocycles. The number of fused-ring (bicyclic) bond motifs is 4. The lowest BCUT2D eigenvalue weighted by Crippen LogP contribution is -2.26. The summed E-state index contributed by atoms with van der Waals surface area (Å²) in [5.74, 6) is -0.680. The summed E-state index contributed by atoms with van der Waals surface area (Å²) in [4.78, 5) is 20.9. The second-order valence-corrected chi connectivity index (χ2v) is 11.2. The van der Waals surface area contributed by atoms with Crippen LogP contribution in [0.3, 0.4) is 0 Å². The molecular formula is C30H22ClF2N7O. The Hall–Kier alpha value is -4.57. The van der Waals surface area contributed by atoms with E-state index >= 15 is 8.78 Å². The zero-order valence-corrected chi connectivity index (χ0v) is 22.3. The quantitative estimate of drug-likeness (QED) is 0.277. The molecule has 5 aromatic rings. The SMILES string of the molecule is C=C1CCc2c(ccc(-c3nc(C4C5CC5c5cc(-c6cc(Cl)ccc6-n6ccnn6)cc(=O)n54)[nH]c3F)c2F)N1. The highest BCUT2D eigenvalue weighted by Crippen LogP contribution is 2.60. The number of nitrogens with zero attached hydrogens (tertiary/aromatic N) is 5. The van der Waals surface area contributed by atoms with Gasteiger partial charge in [-0.1, -0.05) is 23.4 Å². The molecule has 0 radical (unpaired) electrons. The van der Waals surface area contributed by atoms with Crippen molar-refractivity contribution in [3.05, 3.63) is 111 Å². The summed E-state index contributed by atoms with van der Waals surface area (Å²) in [5.41, 5.74) is 4.76. The number of rotatable bonds is 4. The van der Waals surface area contributed by atoms with Crippen LogP contribution in [0.2, 0.25) is 5.02 Å². The van der Waals surface area contributed by atoms with Gasteiger partial charge in [-0.2, -0.15) is 4.39 Å². The van der Waals surface area contributed by atoms with Gasteiger partial charge in [-0.25, -0.2) is 14.1 Å². The lowest BCUT2D eigenvalue weighted by molar-refractivity contribution is 0.504. The molecule has 5 heterocycles. The van der Waals surface area contributed by atoms with Gasteiger partial charge in [0, 0.05) is 50.8 Å². The average Bonchev–Trinajstić information content (AvgIpc) is 3.25. The molecule has 1 aliphatic carbocycles. The van der Waals surface area contributed by atoms with Gasteiger partial charge in [-0.3, -0.25) is 4.79 Å². The third kappa shape index (κ3) is 3.70. The number of H-pyrrole nitrogens is 1. The average molecular weight is 570 g/mol. The van der Waals surface area contributed by atoms with Crippen LogP contribution in [0.25, 0.3) is 28.1 Å². The van der Waals surface area contributed by atoms with Gasteiger partial charge in [-0.05, 0) is 67.1 Å². The highest BCUT2D eigenvalue weighted by Gasteiger charge is 2.54. The highest BCUT2D eigenvalue weighted by molar-refractivity contribution is 6.31. The number of aromatic nitrogens is 6. The summed E-state index contributed by atoms with van der Waals surface area (Å²) < 4.78 is 34.1. The molecule has 41 heavy (non-hydrogen) atoms. The van der Waals surface area contributed by atoms with Crippen molar-refractivity contribution in [2.75, 3.05) is 5.32 Å². The lowest BCUT2D eigenvalue weighted by Gasteiger charge is -2.21. The topological polar surface area (TPSA) is 93.4 Å². The molecule has 0 amide bonds. The van der Waals surface area contributed by atoms with Crippen molar-refractivity contribution >= 4 is 17.3 Å². The van der Waals surface area contributed by atoms with Crippen LogP contribution in [0, 0.1) is 17.7 Å². The van der Waals surface area contributed by atoms with Crippen molar-refractivity contribution in [1.82, 2.24) is 29.5 Å². The van der Waals surface area contributed by atoms with Gasteiger partial charge in [0.2, 0.25) is 5.95 Å². The van der Waals surface area contributed by atoms with E-state index in [1.54, 1.807) is 45.9 Å². The van der Waals surface area contributed by atoms with Crippen molar-refractivity contribution in [3.8, 4) is 28.1 Å². The van der Waals surface area contributed by atoms with Crippen molar-refractivity contribution < 1.29 is 8.78 Å². The molecule has 0 saturated heterocycles. The number of pyridine rings is 1. The molecule has 8 nitrogen and oxygen atoms in total. The summed E-state index contributed by atoms with van der Waals surface area (Å²) in [7, 11) is 0. The number of anilines is 1. The van der Waals surface area contributed by atoms with Crippen molar-refractivity contribution in [2.24, 2.45) is 5.92 Å². The lowest BCUT2D eigenvalue weighted by atomic mass is 9.97. The number of nitrogens with one attached hydrogen (secondary N) is 2. The van der Waals surface area contributed by atoms with Crippen molar-refractivity contribution in [1.29, 1.82) is 0 Å². The number of aromatic amines is 1. The normalized spacial score (nSPS) is 20.4. The minimum Gasteiger partial charge on any atom is -0.359 e. The van der Waals surface area contributed by atoms with Gasteiger partial charge in [0.25, 0.3) is 5.56 Å². The molecule has 2 N–H and O–H groups in total. The van der Waals surface area contributed by atoms with E-state index in [-0.39, 0.29) is 28.7 Å². The second-order valence-electron chi connectivity index (χ2n) is 10.8. The Morgan fingerprint density at radius 2 is 1.95 bits per heavy atom. The maximum absolute atomic E-state index is 15.5. The molecule has 3 aliphatic rings. The van der Waals surface area contributed by atoms with Gasteiger partial charge < -0.3 is 14.9 Å². The standard InChI is InChI=1S/C30H22ClF2N7O/c1-14-2-4-17-22(35-14)6-5-18(26(17)32)27-29(33)37-30(36-27)28-21-13-20(21)24-10-15(11-25(41)40(24)28)19-12-16(31)3-7-23(19)39-9-8-34-38-39/h3,5-12,20-21,28,35H,1-2,4,13H2,(H,36,37). The number of imidazole rings is 1. The molecule has 3 unspecified atom stereocenters. The first-order valence-electron chi connectivity index (χ1n) is 13.3. The Balaban J connectivity index is 1.20. The van der Waals surface area contributed by atoms with Gasteiger partial charge in [0.15, 0.2) is 0 Å². The smallest absolute Gasteiger partial charge is 0.252 e. The molecule has 11 heteroatoms. The third-order valence-electron chi connectivity index (χ3n) is 8.39. The molecule has 1 fully saturated rings. The first-order valence-corrected chi connectivity index (χ1v) is 13.7. The minimum atomic E-state index is -0.723. The van der Waals surface area contributed by atoms with E-state index in [1.807, 2.05) is 12.1 Å². The summed E-state index contributed by atoms with van der Waals surface area (Å²) >= 11 is 6.34. The monoisotopic (exact) mass is 569 g/mol. The van der Waals surface area contributed by atoms with E-state index in [9.17, 15) is 4.79 Å². The predicted molar refractivity (Wildman–Crippen MR) is 150 cm³/mol. The molecule has 1 saturated carbocycles. The Morgan fingerprint density at radius 1 is 1.07 bits per heavy atom. The number of benzene rings is 2. The van der Waals surface area contributed by atoms with Gasteiger partial charge in [0.05, 0.1) is 24.1 Å². The van der Waals surface area contributed by atoms with E-state index in [1.165, 1.54) is 6.07 Å². The van der Waals surface area contributed by atoms with Gasteiger partial charge >= 0.3 is 0 Å². The zero-order valence-electron chi connectivity index (χ0n) is 21.5. The number of halogens is 3. The predicted octanol–water partition coefficient (Wildman–Crippen LogP) is 6.00. The van der Waals surface area contributed by atoms with Crippen LogP contribution < -0.4 is 10.9 Å². The maximum Gasteiger partial charge on any atom is 0.252 e. The molecular weight excluding hydrogens is 548 g/mol. The highest BCUT2D eigenvalue weighted by atomic mass is 35.5. The number of allylic oxidation sites excluding steroid dienone is 1. The Labute approximate surface area is 237 Å². The summed E-state index contributed by atoms with van der Waals surface area (Å²) in [5, 5.41) is 11.6. The van der Waals surface area contributed by atoms with Crippen LogP contribution in [0.15, 0.2) is 71.9 Å². The Morgan fingerprint density at radius 3 is 2.78 bits per heavy atom. The molecule has 204 valence electrons. The summed E-state index contributed by atoms with van der Waals surface area (Å²) in [6.07, 6.45) is 5.23. The molecule has 0 spiro atoms. The zero-order chi connectivity index (χ0) is 28.0. The van der Waals surface area contributed by atoms with Crippen LogP contribution in [-0.4, -0.2) is 29.5 Å². The largest absolute Gasteiger partial charge is 0.359 e. The van der Waals surface area contributed by atoms with Gasteiger partial charge in [-0.15, -0.1) is 5.10 Å². The first kappa shape index (κ1) is 24.2. The van der Waals surface area contributed by atoms with Crippen molar-refractivity contribution in [3.63, 3.8) is 0 Å². The number of hydrogen-bond acceptors (Lipinski definition) is 5. The molecule has 3 aromatic heterocycles. The van der Waals surface area contributed by atoms with E-state index in [4.69, 9.17) is 11.6 Å². The summed E-state index contributed by atoms with van der Waals surface area (Å²) in [6, 6.07) is 11.7. The molecule has 8 rings (SSSR count). The third-order valence-corrected chi connectivity index (χ3v) is 8.62. The second kappa shape index (κ2) is 8.71. The van der Waals surface area contributed by atoms with E-state index in [2.05, 4.69) is 32.2 Å². The van der Waals surface area contributed by atoms with Crippen molar-refractivity contribution in [2.45, 2.75) is 31.2 Å². The van der Waals surface area contributed by atoms with Crippen LogP contribution in [0.5, 0.6) is 0 Å². The Kier molecular flexibility index (Phi) is 5.15. The minimum absolute atomic E-state index is 0.0866. The van der Waals surface area contributed by atoms with Crippen LogP contribution >= 0.6 is 11.6 Å². The van der Waals surface area contributed by atoms with Crippen LogP contribution in [-0.2, 0) is 6.42 Å². The first-order chi connectivity index (χ1) is 19.9. The maximum atomic E-state index is 15.5.